The highest BCUT2D eigenvalue weighted by Gasteiger charge is 2.12. The molecule has 0 aromatic heterocycles. The molecule has 2 aromatic carbocycles. The third kappa shape index (κ3) is 36.8. The first kappa shape index (κ1) is 56.1. The van der Waals surface area contributed by atoms with E-state index in [1.165, 1.54) is 22.3 Å². The van der Waals surface area contributed by atoms with Crippen LogP contribution in [0.2, 0.25) is 0 Å². The molecule has 1 unspecified atom stereocenters. The summed E-state index contributed by atoms with van der Waals surface area (Å²) < 4.78 is 0. The number of benzene rings is 2. The third-order valence-corrected chi connectivity index (χ3v) is 7.12. The van der Waals surface area contributed by atoms with Gasteiger partial charge >= 0.3 is 0 Å². The maximum absolute atomic E-state index is 11.5. The minimum Gasteiger partial charge on any atom is -0.330 e. The van der Waals surface area contributed by atoms with Crippen molar-refractivity contribution in [2.45, 2.75) is 130 Å². The summed E-state index contributed by atoms with van der Waals surface area (Å²) in [7, 11) is 1.96. The van der Waals surface area contributed by atoms with Gasteiger partial charge in [-0.2, -0.15) is 0 Å². The Morgan fingerprint density at radius 2 is 1.41 bits per heavy atom. The Morgan fingerprint density at radius 3 is 1.80 bits per heavy atom. The van der Waals surface area contributed by atoms with Gasteiger partial charge in [-0.15, -0.1) is 11.8 Å². The number of carbonyl (C=O) groups is 1. The van der Waals surface area contributed by atoms with E-state index < -0.39 is 0 Å². The molecule has 0 aliphatic heterocycles. The number of thioether (sulfide) groups is 1. The second kappa shape index (κ2) is 41.9. The molecule has 49 heavy (non-hydrogen) atoms. The van der Waals surface area contributed by atoms with E-state index in [4.69, 9.17) is 5.73 Å². The van der Waals surface area contributed by atoms with Gasteiger partial charge in [-0.3, -0.25) is 4.79 Å². The van der Waals surface area contributed by atoms with Crippen LogP contribution in [0.15, 0.2) is 54.0 Å². The number of aliphatic imine (C=N–C) groups is 1. The monoisotopic (exact) mass is 703 g/mol. The highest BCUT2D eigenvalue weighted by atomic mass is 32.2. The Bertz CT molecular complexity index is 1040. The summed E-state index contributed by atoms with van der Waals surface area (Å²) in [6, 6.07) is 14.7. The predicted molar refractivity (Wildman–Crippen MR) is 231 cm³/mol. The maximum atomic E-state index is 11.5. The number of carbonyl (C=O) groups excluding carboxylic acids is 1. The van der Waals surface area contributed by atoms with Crippen molar-refractivity contribution in [3.63, 3.8) is 0 Å². The molecule has 0 fully saturated rings. The number of aryl methyl sites for hydroxylation is 3. The van der Waals surface area contributed by atoms with Crippen molar-refractivity contribution < 1.29 is 4.79 Å². The van der Waals surface area contributed by atoms with Crippen molar-refractivity contribution in [3.8, 4) is 0 Å². The maximum Gasteiger partial charge on any atom is 0.135 e. The number of nitrogens with one attached hydrogen (secondary N) is 2. The van der Waals surface area contributed by atoms with Crippen molar-refractivity contribution in [2.75, 3.05) is 39.5 Å². The summed E-state index contributed by atoms with van der Waals surface area (Å²) in [6.07, 6.45) is 5.70. The molecule has 0 saturated heterocycles. The van der Waals surface area contributed by atoms with Gasteiger partial charge in [-0.1, -0.05) is 126 Å². The van der Waals surface area contributed by atoms with E-state index in [-0.39, 0.29) is 5.92 Å². The molecular formula is C43H82N4OS. The highest BCUT2D eigenvalue weighted by molar-refractivity contribution is 8.13. The van der Waals surface area contributed by atoms with Gasteiger partial charge in [0, 0.05) is 25.4 Å². The average Bonchev–Trinajstić information content (AvgIpc) is 3.11. The lowest BCUT2D eigenvalue weighted by atomic mass is 9.92. The van der Waals surface area contributed by atoms with E-state index in [0.717, 1.165) is 67.7 Å². The molecule has 0 heterocycles. The summed E-state index contributed by atoms with van der Waals surface area (Å²) in [4.78, 5) is 15.9. The van der Waals surface area contributed by atoms with Crippen molar-refractivity contribution in [1.29, 1.82) is 0 Å². The van der Waals surface area contributed by atoms with Gasteiger partial charge in [0.25, 0.3) is 0 Å². The van der Waals surface area contributed by atoms with Crippen LogP contribution in [-0.4, -0.2) is 50.3 Å². The first-order valence-electron chi connectivity index (χ1n) is 18.8. The number of likely N-dealkylation sites (N-methyl/N-ethyl adjacent to an activating group) is 2. The molecule has 0 spiro atoms. The fourth-order valence-electron chi connectivity index (χ4n) is 3.51. The minimum atomic E-state index is 0.155. The van der Waals surface area contributed by atoms with Crippen LogP contribution in [0.4, 0.5) is 0 Å². The predicted octanol–water partition coefficient (Wildman–Crippen LogP) is 11.3. The van der Waals surface area contributed by atoms with E-state index in [9.17, 15) is 4.79 Å². The first-order chi connectivity index (χ1) is 23.3. The van der Waals surface area contributed by atoms with Crippen molar-refractivity contribution in [3.05, 3.63) is 76.9 Å². The van der Waals surface area contributed by atoms with Gasteiger partial charge in [-0.05, 0) is 106 Å². The first-order valence-corrected chi connectivity index (χ1v) is 20.0. The van der Waals surface area contributed by atoms with Gasteiger partial charge in [0.05, 0.1) is 10.7 Å². The normalized spacial score (nSPS) is 10.3. The molecule has 2 rings (SSSR count). The zero-order valence-corrected chi connectivity index (χ0v) is 36.2. The molecule has 0 bridgehead atoms. The molecule has 6 heteroatoms. The molecule has 4 N–H and O–H groups in total. The van der Waals surface area contributed by atoms with E-state index in [1.807, 2.05) is 61.8 Å². The molecule has 0 saturated carbocycles. The Balaban J connectivity index is -0.000000176. The Morgan fingerprint density at radius 1 is 0.898 bits per heavy atom. The van der Waals surface area contributed by atoms with E-state index in [1.54, 1.807) is 11.8 Å². The van der Waals surface area contributed by atoms with Gasteiger partial charge in [0.1, 0.15) is 5.78 Å². The van der Waals surface area contributed by atoms with Crippen LogP contribution in [0.3, 0.4) is 0 Å². The molecule has 286 valence electrons. The summed E-state index contributed by atoms with van der Waals surface area (Å²) in [6.45, 7) is 39.0. The average molecular weight is 703 g/mol. The summed E-state index contributed by atoms with van der Waals surface area (Å²) in [5.41, 5.74) is 12.3. The fourth-order valence-corrected chi connectivity index (χ4v) is 3.71. The van der Waals surface area contributed by atoms with Gasteiger partial charge in [0.15, 0.2) is 0 Å². The van der Waals surface area contributed by atoms with Crippen LogP contribution in [0.1, 0.15) is 131 Å². The second-order valence-electron chi connectivity index (χ2n) is 11.6. The minimum absolute atomic E-state index is 0.155. The number of hydrogen-bond donors (Lipinski definition) is 3. The topological polar surface area (TPSA) is 79.5 Å². The summed E-state index contributed by atoms with van der Waals surface area (Å²) in [5.74, 6) is 1.35. The fraction of sp³-hybridized carbons (Fsp3) is 0.628. The summed E-state index contributed by atoms with van der Waals surface area (Å²) >= 11 is 1.64. The van der Waals surface area contributed by atoms with Crippen molar-refractivity contribution >= 4 is 28.3 Å². The zero-order valence-electron chi connectivity index (χ0n) is 35.4. The largest absolute Gasteiger partial charge is 0.330 e. The number of Topliss-reactive ketones (excluding diaryl/α,β-unsaturated/α-hetero) is 1. The number of hydrogen-bond acceptors (Lipinski definition) is 6. The zero-order chi connectivity index (χ0) is 39.2. The molecular weight excluding hydrogens is 621 g/mol. The molecule has 1 atom stereocenters. The van der Waals surface area contributed by atoms with Crippen LogP contribution >= 0.6 is 11.8 Å². The lowest BCUT2D eigenvalue weighted by Crippen LogP contribution is -2.24. The Labute approximate surface area is 311 Å². The lowest BCUT2D eigenvalue weighted by molar-refractivity contribution is -0.122. The Kier molecular flexibility index (Phi) is 48.0. The number of nitrogens with zero attached hydrogens (tertiary/aromatic N) is 1. The van der Waals surface area contributed by atoms with Gasteiger partial charge < -0.3 is 16.4 Å². The lowest BCUT2D eigenvalue weighted by Gasteiger charge is -2.12. The molecule has 0 aliphatic rings. The number of ketones is 1. The van der Waals surface area contributed by atoms with E-state index >= 15 is 0 Å². The quantitative estimate of drug-likeness (QED) is 0.117. The van der Waals surface area contributed by atoms with Crippen LogP contribution in [0.5, 0.6) is 0 Å². The number of rotatable bonds is 12. The smallest absolute Gasteiger partial charge is 0.135 e. The van der Waals surface area contributed by atoms with Crippen LogP contribution in [-0.2, 0) is 17.6 Å². The second-order valence-corrected chi connectivity index (χ2v) is 12.6. The van der Waals surface area contributed by atoms with Crippen LogP contribution < -0.4 is 16.4 Å². The molecule has 0 radical (unpaired) electrons. The van der Waals surface area contributed by atoms with Crippen LogP contribution in [0.25, 0.3) is 5.70 Å². The molecule has 0 aliphatic carbocycles. The van der Waals surface area contributed by atoms with E-state index in [0.29, 0.717) is 12.2 Å². The Hall–Kier alpha value is -2.25. The van der Waals surface area contributed by atoms with Crippen molar-refractivity contribution in [2.24, 2.45) is 22.6 Å². The summed E-state index contributed by atoms with van der Waals surface area (Å²) in [5, 5.41) is 7.27. The van der Waals surface area contributed by atoms with Crippen LogP contribution in [0, 0.1) is 25.7 Å². The number of nitrogens with two attached hydrogens (primary N) is 1. The SMILES string of the molecule is C=C(N=C(C)SC)c1ccc(C)c(C)c1.CC.CC.CC(C)C.CCC(=O)C(C)Cc1ccccc1CC.CCCN.CCNCCNC. The van der Waals surface area contributed by atoms with Crippen molar-refractivity contribution in [1.82, 2.24) is 10.6 Å². The molecule has 0 amide bonds. The molecule has 2 aromatic rings. The highest BCUT2D eigenvalue weighted by Crippen LogP contribution is 2.19. The van der Waals surface area contributed by atoms with Gasteiger partial charge in [-0.25, -0.2) is 4.99 Å². The van der Waals surface area contributed by atoms with E-state index in [2.05, 4.69) is 120 Å². The molecule has 5 nitrogen and oxygen atoms in total. The third-order valence-electron chi connectivity index (χ3n) is 6.44. The standard InChI is InChI=1S/C14H20O.C13H17NS.C5H14N2.C4H10.C3H9N.2C2H6/c1-4-12-8-6-7-9-13(12)10-11(3)14(15)5-2;1-9-6-7-13(8-10(9)2)11(3)14-12(4)15-5;1-3-7-5-4-6-2;1-4(2)3;1-2-3-4;2*1-2/h6-9,11H,4-5,10H2,1-3H3;6-8H,3H2,1-2,4-5H3;6-7H,3-5H2,1-2H3;4H,1-3H3;2-4H2,1H3;2*1-2H3. The van der Waals surface area contributed by atoms with Gasteiger partial charge in [0.2, 0.25) is 0 Å².